The van der Waals surface area contributed by atoms with E-state index in [2.05, 4.69) is 15.5 Å². The van der Waals surface area contributed by atoms with E-state index >= 15 is 0 Å². The molecule has 0 aliphatic rings. The van der Waals surface area contributed by atoms with Crippen molar-refractivity contribution in [1.82, 2.24) is 10.2 Å². The molecule has 1 amide bonds. The summed E-state index contributed by atoms with van der Waals surface area (Å²) in [6.07, 6.45) is 0.0303. The summed E-state index contributed by atoms with van der Waals surface area (Å²) in [7, 11) is 0. The van der Waals surface area contributed by atoms with Crippen molar-refractivity contribution in [2.45, 2.75) is 37.6 Å². The fourth-order valence-corrected chi connectivity index (χ4v) is 3.46. The molecule has 7 heteroatoms. The van der Waals surface area contributed by atoms with Gasteiger partial charge >= 0.3 is 0 Å². The van der Waals surface area contributed by atoms with Crippen LogP contribution in [0.25, 0.3) is 0 Å². The Hall–Kier alpha value is -1.60. The molecule has 0 bridgehead atoms. The van der Waals surface area contributed by atoms with Crippen molar-refractivity contribution in [3.05, 3.63) is 29.8 Å². The van der Waals surface area contributed by atoms with Crippen LogP contribution in [-0.4, -0.2) is 28.0 Å². The molecule has 0 aliphatic heterocycles. The molecule has 0 radical (unpaired) electrons. The number of carbonyl (C=O) groups is 1. The number of hydrogen-bond donors (Lipinski definition) is 1. The number of nitrogens with zero attached hydrogens (tertiary/aromatic N) is 2. The number of benzene rings is 1. The van der Waals surface area contributed by atoms with Crippen LogP contribution in [0.15, 0.2) is 28.6 Å². The first-order chi connectivity index (χ1) is 10.6. The highest BCUT2D eigenvalue weighted by atomic mass is 32.2. The zero-order valence-electron chi connectivity index (χ0n) is 12.8. The Kier molecular flexibility index (Phi) is 6.21. The molecule has 0 saturated carbocycles. The van der Waals surface area contributed by atoms with E-state index in [-0.39, 0.29) is 5.91 Å². The highest BCUT2D eigenvalue weighted by Gasteiger charge is 2.20. The number of anilines is 1. The molecule has 1 atom stereocenters. The summed E-state index contributed by atoms with van der Waals surface area (Å²) in [5, 5.41) is 11.3. The third-order valence-electron chi connectivity index (χ3n) is 2.84. The first-order valence-electron chi connectivity index (χ1n) is 7.12. The van der Waals surface area contributed by atoms with Gasteiger partial charge in [-0.15, -0.1) is 10.2 Å². The van der Waals surface area contributed by atoms with Crippen molar-refractivity contribution >= 4 is 34.1 Å². The maximum Gasteiger partial charge on any atom is 0.267 e. The highest BCUT2D eigenvalue weighted by Crippen LogP contribution is 2.25. The van der Waals surface area contributed by atoms with Crippen LogP contribution in [0, 0.1) is 6.92 Å². The normalized spacial score (nSPS) is 12.0. The van der Waals surface area contributed by atoms with Crippen molar-refractivity contribution in [2.24, 2.45) is 0 Å². The molecule has 2 rings (SSSR count). The molecule has 1 aromatic carbocycles. The van der Waals surface area contributed by atoms with Gasteiger partial charge in [-0.1, -0.05) is 49.1 Å². The highest BCUT2D eigenvalue weighted by molar-refractivity contribution is 8.01. The van der Waals surface area contributed by atoms with Gasteiger partial charge in [0.25, 0.3) is 5.91 Å². The molecule has 1 N–H and O–H groups in total. The molecule has 22 heavy (non-hydrogen) atoms. The van der Waals surface area contributed by atoms with Crippen molar-refractivity contribution in [2.75, 3.05) is 11.1 Å². The Balaban J connectivity index is 1.98. The Morgan fingerprint density at radius 3 is 2.91 bits per heavy atom. The molecule has 0 fully saturated rings. The predicted molar refractivity (Wildman–Crippen MR) is 90.8 cm³/mol. The van der Waals surface area contributed by atoms with E-state index in [0.717, 1.165) is 15.7 Å². The minimum absolute atomic E-state index is 0.201. The van der Waals surface area contributed by atoms with Crippen LogP contribution in [-0.2, 0) is 4.79 Å². The van der Waals surface area contributed by atoms with Gasteiger partial charge in [-0.25, -0.2) is 0 Å². The number of aryl methyl sites for hydroxylation is 1. The fourth-order valence-electron chi connectivity index (χ4n) is 1.80. The summed E-state index contributed by atoms with van der Waals surface area (Å²) in [4.78, 5) is 12.3. The lowest BCUT2D eigenvalue weighted by Crippen LogP contribution is -2.32. The number of aromatic nitrogens is 2. The third-order valence-corrected chi connectivity index (χ3v) is 4.69. The lowest BCUT2D eigenvalue weighted by atomic mass is 10.2. The van der Waals surface area contributed by atoms with Crippen LogP contribution in [0.5, 0.6) is 5.75 Å². The molecule has 0 unspecified atom stereocenters. The van der Waals surface area contributed by atoms with E-state index in [9.17, 15) is 4.79 Å². The molecular formula is C15H19N3O2S2. The largest absolute Gasteiger partial charge is 0.481 e. The molecule has 2 aromatic rings. The van der Waals surface area contributed by atoms with Gasteiger partial charge in [0.1, 0.15) is 5.75 Å². The first-order valence-corrected chi connectivity index (χ1v) is 8.93. The maximum absolute atomic E-state index is 12.3. The SMILES string of the molecule is CCSc1nnc(NC(=O)[C@H](CC)Oc2cccc(C)c2)s1. The average molecular weight is 337 g/mol. The van der Waals surface area contributed by atoms with Crippen molar-refractivity contribution < 1.29 is 9.53 Å². The van der Waals surface area contributed by atoms with Crippen LogP contribution in [0.4, 0.5) is 5.13 Å². The van der Waals surface area contributed by atoms with Crippen molar-refractivity contribution in [1.29, 1.82) is 0 Å². The minimum Gasteiger partial charge on any atom is -0.481 e. The van der Waals surface area contributed by atoms with Gasteiger partial charge in [-0.2, -0.15) is 0 Å². The van der Waals surface area contributed by atoms with E-state index < -0.39 is 6.10 Å². The van der Waals surface area contributed by atoms with Gasteiger partial charge in [0.15, 0.2) is 10.4 Å². The second-order valence-corrected chi connectivity index (χ2v) is 7.12. The Labute approximate surface area is 138 Å². The van der Waals surface area contributed by atoms with Gasteiger partial charge in [-0.3, -0.25) is 10.1 Å². The summed E-state index contributed by atoms with van der Waals surface area (Å²) in [5.74, 6) is 1.42. The lowest BCUT2D eigenvalue weighted by Gasteiger charge is -2.16. The lowest BCUT2D eigenvalue weighted by molar-refractivity contribution is -0.122. The minimum atomic E-state index is -0.548. The Morgan fingerprint density at radius 2 is 2.23 bits per heavy atom. The fraction of sp³-hybridized carbons (Fsp3) is 0.400. The predicted octanol–water partition coefficient (Wildman–Crippen LogP) is 3.75. The zero-order chi connectivity index (χ0) is 15.9. The van der Waals surface area contributed by atoms with E-state index in [1.54, 1.807) is 11.8 Å². The molecule has 0 saturated heterocycles. The summed E-state index contributed by atoms with van der Waals surface area (Å²) in [5.41, 5.74) is 1.10. The molecular weight excluding hydrogens is 318 g/mol. The molecule has 0 aliphatic carbocycles. The standard InChI is InChI=1S/C15H19N3O2S2/c1-4-12(20-11-8-6-7-10(3)9-11)13(19)16-14-17-18-15(22-14)21-5-2/h6-9,12H,4-5H2,1-3H3,(H,16,17,19)/t12-/m0/s1. The number of rotatable bonds is 7. The molecule has 5 nitrogen and oxygen atoms in total. The number of ether oxygens (including phenoxy) is 1. The van der Waals surface area contributed by atoms with Gasteiger partial charge in [0.2, 0.25) is 5.13 Å². The number of thioether (sulfide) groups is 1. The number of hydrogen-bond acceptors (Lipinski definition) is 6. The van der Waals surface area contributed by atoms with E-state index in [1.165, 1.54) is 11.3 Å². The Bertz CT molecular complexity index is 631. The smallest absolute Gasteiger partial charge is 0.267 e. The summed E-state index contributed by atoms with van der Waals surface area (Å²) < 4.78 is 6.62. The van der Waals surface area contributed by atoms with Crippen LogP contribution < -0.4 is 10.1 Å². The van der Waals surface area contributed by atoms with Crippen molar-refractivity contribution in [3.63, 3.8) is 0 Å². The molecule has 1 aromatic heterocycles. The summed E-state index contributed by atoms with van der Waals surface area (Å²) in [6.45, 7) is 5.95. The Morgan fingerprint density at radius 1 is 1.41 bits per heavy atom. The van der Waals surface area contributed by atoms with Crippen molar-refractivity contribution in [3.8, 4) is 5.75 Å². The number of amides is 1. The van der Waals surface area contributed by atoms with Crippen LogP contribution >= 0.6 is 23.1 Å². The number of carbonyl (C=O) groups excluding carboxylic acids is 1. The van der Waals surface area contributed by atoms with Gasteiger partial charge in [-0.05, 0) is 36.8 Å². The molecule has 0 spiro atoms. The maximum atomic E-state index is 12.3. The summed E-state index contributed by atoms with van der Waals surface area (Å²) in [6, 6.07) is 7.66. The first kappa shape index (κ1) is 16.8. The quantitative estimate of drug-likeness (QED) is 0.616. The van der Waals surface area contributed by atoms with Gasteiger partial charge in [0, 0.05) is 0 Å². The summed E-state index contributed by atoms with van der Waals surface area (Å²) >= 11 is 2.98. The van der Waals surface area contributed by atoms with E-state index in [4.69, 9.17) is 4.74 Å². The second-order valence-electron chi connectivity index (χ2n) is 4.63. The molecule has 1 heterocycles. The molecule has 118 valence electrons. The zero-order valence-corrected chi connectivity index (χ0v) is 14.5. The third kappa shape index (κ3) is 4.71. The van der Waals surface area contributed by atoms with Gasteiger partial charge in [0.05, 0.1) is 0 Å². The average Bonchev–Trinajstić information content (AvgIpc) is 2.92. The van der Waals surface area contributed by atoms with Gasteiger partial charge < -0.3 is 4.74 Å². The number of nitrogens with one attached hydrogen (secondary N) is 1. The topological polar surface area (TPSA) is 64.1 Å². The monoisotopic (exact) mass is 337 g/mol. The van der Waals surface area contributed by atoms with Crippen LogP contribution in [0.3, 0.4) is 0 Å². The van der Waals surface area contributed by atoms with Crippen LogP contribution in [0.2, 0.25) is 0 Å². The van der Waals surface area contributed by atoms with Crippen LogP contribution in [0.1, 0.15) is 25.8 Å². The second kappa shape index (κ2) is 8.14. The van der Waals surface area contributed by atoms with E-state index in [1.807, 2.05) is 45.0 Å². The van der Waals surface area contributed by atoms with E-state index in [0.29, 0.717) is 17.3 Å².